The van der Waals surface area contributed by atoms with E-state index in [1.54, 1.807) is 24.3 Å². The zero-order chi connectivity index (χ0) is 15.2. The number of halogens is 1. The van der Waals surface area contributed by atoms with Crippen LogP contribution in [-0.4, -0.2) is 15.9 Å². The number of carbonyl (C=O) groups is 1. The second-order valence-corrected chi connectivity index (χ2v) is 4.79. The fourth-order valence-corrected chi connectivity index (χ4v) is 1.65. The first kappa shape index (κ1) is 14.7. The van der Waals surface area contributed by atoms with Crippen LogP contribution in [0.3, 0.4) is 0 Å². The summed E-state index contributed by atoms with van der Waals surface area (Å²) in [4.78, 5) is 25.3. The maximum Gasteiger partial charge on any atom is 0.337 e. The van der Waals surface area contributed by atoms with Crippen molar-refractivity contribution in [1.29, 1.82) is 0 Å². The molecule has 0 radical (unpaired) electrons. The van der Waals surface area contributed by atoms with Gasteiger partial charge < -0.3 is 5.32 Å². The minimum absolute atomic E-state index is 0.125. The molecule has 2 amide bonds. The smallest absolute Gasteiger partial charge is 0.307 e. The van der Waals surface area contributed by atoms with Crippen molar-refractivity contribution in [3.63, 3.8) is 0 Å². The number of nitrogens with zero attached hydrogens (tertiary/aromatic N) is 2. The fraction of sp³-hybridized carbons (Fsp3) is 0. The number of anilines is 2. The third kappa shape index (κ3) is 4.42. The molecule has 0 aliphatic heterocycles. The Labute approximate surface area is 127 Å². The predicted molar refractivity (Wildman–Crippen MR) is 80.8 cm³/mol. The van der Waals surface area contributed by atoms with Crippen molar-refractivity contribution in [3.8, 4) is 0 Å². The number of hydrazine groups is 1. The molecule has 8 nitrogen and oxygen atoms in total. The van der Waals surface area contributed by atoms with Crippen LogP contribution in [0.5, 0.6) is 0 Å². The highest BCUT2D eigenvalue weighted by Gasteiger charge is 2.06. The van der Waals surface area contributed by atoms with Gasteiger partial charge in [0.2, 0.25) is 0 Å². The van der Waals surface area contributed by atoms with Crippen molar-refractivity contribution >= 4 is 39.2 Å². The summed E-state index contributed by atoms with van der Waals surface area (Å²) in [5.74, 6) is 0.284. The summed E-state index contributed by atoms with van der Waals surface area (Å²) in [6, 6.07) is 9.22. The number of aromatic nitrogens is 1. The van der Waals surface area contributed by atoms with E-state index >= 15 is 0 Å². The van der Waals surface area contributed by atoms with Gasteiger partial charge in [0.05, 0.1) is 4.92 Å². The summed E-state index contributed by atoms with van der Waals surface area (Å²) >= 11 is 3.29. The van der Waals surface area contributed by atoms with E-state index in [1.807, 2.05) is 0 Å². The number of benzene rings is 1. The van der Waals surface area contributed by atoms with Crippen LogP contribution in [0.25, 0.3) is 0 Å². The number of nitrogens with one attached hydrogen (secondary N) is 3. The molecule has 21 heavy (non-hydrogen) atoms. The van der Waals surface area contributed by atoms with E-state index in [-0.39, 0.29) is 11.5 Å². The molecule has 0 spiro atoms. The predicted octanol–water partition coefficient (Wildman–Crippen LogP) is 2.90. The van der Waals surface area contributed by atoms with Crippen molar-refractivity contribution in [2.24, 2.45) is 0 Å². The number of nitro groups is 1. The fourth-order valence-electron chi connectivity index (χ4n) is 1.38. The Morgan fingerprint density at radius 3 is 2.48 bits per heavy atom. The number of hydrogen-bond donors (Lipinski definition) is 3. The molecule has 108 valence electrons. The van der Waals surface area contributed by atoms with E-state index < -0.39 is 11.0 Å². The lowest BCUT2D eigenvalue weighted by molar-refractivity contribution is -0.385. The van der Waals surface area contributed by atoms with E-state index in [2.05, 4.69) is 37.1 Å². The zero-order valence-electron chi connectivity index (χ0n) is 10.5. The lowest BCUT2D eigenvalue weighted by atomic mass is 10.3. The monoisotopic (exact) mass is 351 g/mol. The lowest BCUT2D eigenvalue weighted by Gasteiger charge is -2.09. The molecule has 2 aromatic rings. The maximum absolute atomic E-state index is 11.6. The summed E-state index contributed by atoms with van der Waals surface area (Å²) in [7, 11) is 0. The first-order valence-electron chi connectivity index (χ1n) is 5.73. The minimum Gasteiger partial charge on any atom is -0.307 e. The molecule has 0 atom stereocenters. The van der Waals surface area contributed by atoms with Crippen LogP contribution < -0.4 is 16.2 Å². The van der Waals surface area contributed by atoms with Gasteiger partial charge in [-0.3, -0.25) is 21.0 Å². The molecule has 1 aromatic heterocycles. The summed E-state index contributed by atoms with van der Waals surface area (Å²) < 4.78 is 0.904. The van der Waals surface area contributed by atoms with E-state index in [4.69, 9.17) is 0 Å². The Morgan fingerprint density at radius 2 is 1.90 bits per heavy atom. The van der Waals surface area contributed by atoms with Gasteiger partial charge in [-0.1, -0.05) is 15.9 Å². The van der Waals surface area contributed by atoms with Crippen molar-refractivity contribution in [2.75, 3.05) is 10.7 Å². The number of amides is 2. The van der Waals surface area contributed by atoms with Gasteiger partial charge in [-0.2, -0.15) is 0 Å². The van der Waals surface area contributed by atoms with Gasteiger partial charge in [-0.25, -0.2) is 9.78 Å². The van der Waals surface area contributed by atoms with Crippen molar-refractivity contribution in [1.82, 2.24) is 10.4 Å². The molecule has 9 heteroatoms. The topological polar surface area (TPSA) is 109 Å². The summed E-state index contributed by atoms with van der Waals surface area (Å²) in [5.41, 5.74) is 5.40. The molecular weight excluding hydrogens is 342 g/mol. The van der Waals surface area contributed by atoms with Gasteiger partial charge in [-0.15, -0.1) is 0 Å². The molecular formula is C12H10BrN5O3. The van der Waals surface area contributed by atoms with Gasteiger partial charge >= 0.3 is 6.03 Å². The molecule has 3 N–H and O–H groups in total. The summed E-state index contributed by atoms with van der Waals surface area (Å²) in [5, 5.41) is 13.1. The Balaban J connectivity index is 1.86. The van der Waals surface area contributed by atoms with Crippen molar-refractivity contribution in [3.05, 3.63) is 57.2 Å². The van der Waals surface area contributed by atoms with Gasteiger partial charge in [0.15, 0.2) is 0 Å². The highest BCUT2D eigenvalue weighted by molar-refractivity contribution is 9.10. The van der Waals surface area contributed by atoms with Gasteiger partial charge in [0.1, 0.15) is 12.0 Å². The molecule has 0 bridgehead atoms. The molecule has 1 aromatic carbocycles. The Bertz CT molecular complexity index is 645. The summed E-state index contributed by atoms with van der Waals surface area (Å²) in [6.07, 6.45) is 1.09. The van der Waals surface area contributed by atoms with E-state index in [9.17, 15) is 14.9 Å². The quantitative estimate of drug-likeness (QED) is 0.579. The molecule has 0 unspecified atom stereocenters. The Hall–Kier alpha value is -2.68. The van der Waals surface area contributed by atoms with Crippen molar-refractivity contribution < 1.29 is 9.72 Å². The van der Waals surface area contributed by atoms with Crippen LogP contribution in [-0.2, 0) is 0 Å². The Kier molecular flexibility index (Phi) is 4.67. The van der Waals surface area contributed by atoms with Gasteiger partial charge in [-0.05, 0) is 30.3 Å². The molecule has 0 saturated carbocycles. The minimum atomic E-state index is -0.551. The standard InChI is InChI=1S/C12H10BrN5O3/c13-8-1-3-9(4-2-8)15-12(19)17-16-11-6-5-10(7-14-11)18(20)21/h1-7H,(H,14,16)(H2,15,17,19). The van der Waals surface area contributed by atoms with Crippen LogP contribution in [0.1, 0.15) is 0 Å². The highest BCUT2D eigenvalue weighted by Crippen LogP contribution is 2.14. The van der Waals surface area contributed by atoms with Crippen LogP contribution in [0, 0.1) is 10.1 Å². The van der Waals surface area contributed by atoms with E-state index in [0.717, 1.165) is 10.7 Å². The lowest BCUT2D eigenvalue weighted by Crippen LogP contribution is -2.33. The largest absolute Gasteiger partial charge is 0.337 e. The Morgan fingerprint density at radius 1 is 1.19 bits per heavy atom. The summed E-state index contributed by atoms with van der Waals surface area (Å²) in [6.45, 7) is 0. The first-order chi connectivity index (χ1) is 10.0. The van der Waals surface area contributed by atoms with Gasteiger partial charge in [0.25, 0.3) is 5.69 Å². The van der Waals surface area contributed by atoms with Crippen LogP contribution in [0.2, 0.25) is 0 Å². The van der Waals surface area contributed by atoms with E-state index in [0.29, 0.717) is 5.69 Å². The maximum atomic E-state index is 11.6. The zero-order valence-corrected chi connectivity index (χ0v) is 12.1. The molecule has 0 saturated heterocycles. The normalized spacial score (nSPS) is 9.76. The molecule has 0 aliphatic carbocycles. The third-order valence-corrected chi connectivity index (χ3v) is 2.89. The van der Waals surface area contributed by atoms with Crippen molar-refractivity contribution in [2.45, 2.75) is 0 Å². The first-order valence-corrected chi connectivity index (χ1v) is 6.53. The SMILES string of the molecule is O=C(NNc1ccc([N+](=O)[O-])cn1)Nc1ccc(Br)cc1. The second kappa shape index (κ2) is 6.66. The number of pyridine rings is 1. The molecule has 0 fully saturated rings. The van der Waals surface area contributed by atoms with Crippen LogP contribution >= 0.6 is 15.9 Å². The third-order valence-electron chi connectivity index (χ3n) is 2.36. The number of carbonyl (C=O) groups excluding carboxylic acids is 1. The highest BCUT2D eigenvalue weighted by atomic mass is 79.9. The molecule has 0 aliphatic rings. The molecule has 2 rings (SSSR count). The number of rotatable bonds is 4. The van der Waals surface area contributed by atoms with Crippen LogP contribution in [0.15, 0.2) is 47.1 Å². The molecule has 1 heterocycles. The van der Waals surface area contributed by atoms with Crippen LogP contribution in [0.4, 0.5) is 22.0 Å². The second-order valence-electron chi connectivity index (χ2n) is 3.87. The van der Waals surface area contributed by atoms with E-state index in [1.165, 1.54) is 12.1 Å². The number of hydrogen-bond acceptors (Lipinski definition) is 5. The average molecular weight is 352 g/mol. The number of urea groups is 1. The average Bonchev–Trinajstić information content (AvgIpc) is 2.48. The van der Waals surface area contributed by atoms with Gasteiger partial charge in [0, 0.05) is 16.2 Å².